The van der Waals surface area contributed by atoms with Crippen LogP contribution in [-0.2, 0) is 4.79 Å². The van der Waals surface area contributed by atoms with Crippen LogP contribution in [0.25, 0.3) is 0 Å². The van der Waals surface area contributed by atoms with Crippen molar-refractivity contribution in [2.45, 2.75) is 31.5 Å². The van der Waals surface area contributed by atoms with E-state index in [2.05, 4.69) is 6.58 Å². The fraction of sp³-hybridized carbons (Fsp3) is 0.727. The van der Waals surface area contributed by atoms with Crippen LogP contribution >= 0.6 is 12.4 Å². The predicted molar refractivity (Wildman–Crippen MR) is 65.4 cm³/mol. The van der Waals surface area contributed by atoms with Crippen molar-refractivity contribution in [1.29, 1.82) is 0 Å². The monoisotopic (exact) mass is 286 g/mol. The maximum Gasteiger partial charge on any atom is 0.406 e. The third kappa shape index (κ3) is 5.27. The van der Waals surface area contributed by atoms with E-state index in [9.17, 15) is 18.0 Å². The molecule has 2 atom stereocenters. The van der Waals surface area contributed by atoms with Gasteiger partial charge in [0.05, 0.1) is 0 Å². The van der Waals surface area contributed by atoms with E-state index in [-0.39, 0.29) is 30.9 Å². The van der Waals surface area contributed by atoms with E-state index in [0.29, 0.717) is 19.3 Å². The molecular formula is C11H18ClF3N2O. The summed E-state index contributed by atoms with van der Waals surface area (Å²) in [4.78, 5) is 12.7. The van der Waals surface area contributed by atoms with Crippen LogP contribution in [0.1, 0.15) is 19.3 Å². The van der Waals surface area contributed by atoms with Crippen LogP contribution in [0.4, 0.5) is 13.2 Å². The Bertz CT molecular complexity index is 297. The second-order valence-corrected chi connectivity index (χ2v) is 4.39. The Balaban J connectivity index is 0.00000289. The standard InChI is InChI=1S/C11H17F3N2O.ClH/c1-2-5-16(7-11(12,13)14)10(17)8-3-4-9(15)6-8;/h2,8-9H,1,3-7,15H2;1H. The molecule has 7 heteroatoms. The molecule has 1 rings (SSSR count). The molecular weight excluding hydrogens is 269 g/mol. The Kier molecular flexibility index (Phi) is 6.70. The summed E-state index contributed by atoms with van der Waals surface area (Å²) in [6, 6.07) is -0.0691. The molecule has 106 valence electrons. The number of hydrogen-bond donors (Lipinski definition) is 1. The van der Waals surface area contributed by atoms with Crippen molar-refractivity contribution in [3.8, 4) is 0 Å². The maximum atomic E-state index is 12.3. The molecule has 0 aliphatic heterocycles. The first-order valence-electron chi connectivity index (χ1n) is 5.55. The van der Waals surface area contributed by atoms with Gasteiger partial charge in [-0.2, -0.15) is 13.2 Å². The van der Waals surface area contributed by atoms with Gasteiger partial charge in [0.15, 0.2) is 0 Å². The van der Waals surface area contributed by atoms with Gasteiger partial charge in [0.25, 0.3) is 0 Å². The highest BCUT2D eigenvalue weighted by molar-refractivity contribution is 5.85. The van der Waals surface area contributed by atoms with Crippen LogP contribution in [0.3, 0.4) is 0 Å². The van der Waals surface area contributed by atoms with Gasteiger partial charge in [-0.05, 0) is 19.3 Å². The SMILES string of the molecule is C=CCN(CC(F)(F)F)C(=O)C1CCC(N)C1.Cl. The summed E-state index contributed by atoms with van der Waals surface area (Å²) >= 11 is 0. The lowest BCUT2D eigenvalue weighted by molar-refractivity contribution is -0.162. The van der Waals surface area contributed by atoms with Gasteiger partial charge in [-0.1, -0.05) is 6.08 Å². The zero-order chi connectivity index (χ0) is 13.1. The molecule has 0 aromatic carbocycles. The molecule has 1 saturated carbocycles. The van der Waals surface area contributed by atoms with Crippen molar-refractivity contribution in [2.24, 2.45) is 11.7 Å². The third-order valence-corrected chi connectivity index (χ3v) is 2.85. The zero-order valence-corrected chi connectivity index (χ0v) is 10.8. The summed E-state index contributed by atoms with van der Waals surface area (Å²) < 4.78 is 36.9. The fourth-order valence-corrected chi connectivity index (χ4v) is 2.10. The van der Waals surface area contributed by atoms with E-state index >= 15 is 0 Å². The second kappa shape index (κ2) is 6.99. The van der Waals surface area contributed by atoms with Crippen molar-refractivity contribution in [2.75, 3.05) is 13.1 Å². The van der Waals surface area contributed by atoms with E-state index < -0.39 is 18.6 Å². The summed E-state index contributed by atoms with van der Waals surface area (Å²) in [7, 11) is 0. The van der Waals surface area contributed by atoms with Gasteiger partial charge in [-0.25, -0.2) is 0 Å². The molecule has 0 aromatic heterocycles. The molecule has 1 aliphatic rings. The van der Waals surface area contributed by atoms with Gasteiger partial charge < -0.3 is 10.6 Å². The highest BCUT2D eigenvalue weighted by Crippen LogP contribution is 2.27. The molecule has 0 aromatic rings. The van der Waals surface area contributed by atoms with Gasteiger partial charge in [0, 0.05) is 18.5 Å². The van der Waals surface area contributed by atoms with Crippen molar-refractivity contribution < 1.29 is 18.0 Å². The molecule has 3 nitrogen and oxygen atoms in total. The van der Waals surface area contributed by atoms with Crippen LogP contribution in [0, 0.1) is 5.92 Å². The van der Waals surface area contributed by atoms with Crippen LogP contribution in [0.5, 0.6) is 0 Å². The molecule has 0 bridgehead atoms. The number of carbonyl (C=O) groups is 1. The fourth-order valence-electron chi connectivity index (χ4n) is 2.10. The molecule has 2 unspecified atom stereocenters. The average Bonchev–Trinajstić information content (AvgIpc) is 2.61. The van der Waals surface area contributed by atoms with E-state index in [1.54, 1.807) is 0 Å². The third-order valence-electron chi connectivity index (χ3n) is 2.85. The Labute approximate surface area is 111 Å². The molecule has 18 heavy (non-hydrogen) atoms. The minimum absolute atomic E-state index is 0. The number of rotatable bonds is 4. The molecule has 1 amide bonds. The zero-order valence-electron chi connectivity index (χ0n) is 9.95. The lowest BCUT2D eigenvalue weighted by Gasteiger charge is -2.25. The van der Waals surface area contributed by atoms with Gasteiger partial charge in [-0.3, -0.25) is 4.79 Å². The number of hydrogen-bond acceptors (Lipinski definition) is 2. The van der Waals surface area contributed by atoms with Gasteiger partial charge in [-0.15, -0.1) is 19.0 Å². The normalized spacial score (nSPS) is 23.3. The smallest absolute Gasteiger partial charge is 0.330 e. The van der Waals surface area contributed by atoms with Gasteiger partial charge in [0.2, 0.25) is 5.91 Å². The Morgan fingerprint density at radius 1 is 1.44 bits per heavy atom. The first-order valence-corrected chi connectivity index (χ1v) is 5.55. The minimum Gasteiger partial charge on any atom is -0.330 e. The van der Waals surface area contributed by atoms with E-state index in [4.69, 9.17) is 5.73 Å². The minimum atomic E-state index is -4.38. The average molecular weight is 287 g/mol. The summed E-state index contributed by atoms with van der Waals surface area (Å²) in [6.45, 7) is 2.07. The predicted octanol–water partition coefficient (Wildman–Crippen LogP) is 2.11. The van der Waals surface area contributed by atoms with E-state index in [0.717, 1.165) is 4.90 Å². The molecule has 0 spiro atoms. The highest BCUT2D eigenvalue weighted by atomic mass is 35.5. The number of alkyl halides is 3. The lowest BCUT2D eigenvalue weighted by atomic mass is 10.1. The number of nitrogens with zero attached hydrogens (tertiary/aromatic N) is 1. The van der Waals surface area contributed by atoms with Crippen LogP contribution in [0.15, 0.2) is 12.7 Å². The highest BCUT2D eigenvalue weighted by Gasteiger charge is 2.36. The van der Waals surface area contributed by atoms with Crippen molar-refractivity contribution in [3.63, 3.8) is 0 Å². The molecule has 1 fully saturated rings. The van der Waals surface area contributed by atoms with Crippen molar-refractivity contribution in [1.82, 2.24) is 4.90 Å². The summed E-state index contributed by atoms with van der Waals surface area (Å²) in [5, 5.41) is 0. The first kappa shape index (κ1) is 17.2. The summed E-state index contributed by atoms with van der Waals surface area (Å²) in [5.41, 5.74) is 5.65. The Hall–Kier alpha value is -0.750. The number of amides is 1. The summed E-state index contributed by atoms with van der Waals surface area (Å²) in [5.74, 6) is -0.831. The van der Waals surface area contributed by atoms with Gasteiger partial charge in [0.1, 0.15) is 6.54 Å². The number of carbonyl (C=O) groups excluding carboxylic acids is 1. The number of halogens is 4. The molecule has 0 radical (unpaired) electrons. The lowest BCUT2D eigenvalue weighted by Crippen LogP contribution is -2.42. The molecule has 2 N–H and O–H groups in total. The summed E-state index contributed by atoms with van der Waals surface area (Å²) in [6.07, 6.45) is -1.32. The quantitative estimate of drug-likeness (QED) is 0.805. The van der Waals surface area contributed by atoms with Crippen LogP contribution in [-0.4, -0.2) is 36.1 Å². The molecule has 1 aliphatic carbocycles. The van der Waals surface area contributed by atoms with Crippen LogP contribution < -0.4 is 5.73 Å². The van der Waals surface area contributed by atoms with Gasteiger partial charge >= 0.3 is 6.18 Å². The van der Waals surface area contributed by atoms with Crippen molar-refractivity contribution >= 4 is 18.3 Å². The second-order valence-electron chi connectivity index (χ2n) is 4.39. The Morgan fingerprint density at radius 3 is 2.44 bits per heavy atom. The first-order chi connectivity index (χ1) is 7.83. The largest absolute Gasteiger partial charge is 0.406 e. The van der Waals surface area contributed by atoms with Crippen molar-refractivity contribution in [3.05, 3.63) is 12.7 Å². The molecule has 0 heterocycles. The Morgan fingerprint density at radius 2 is 2.06 bits per heavy atom. The van der Waals surface area contributed by atoms with Crippen LogP contribution in [0.2, 0.25) is 0 Å². The molecule has 0 saturated heterocycles. The number of nitrogens with two attached hydrogens (primary N) is 1. The van der Waals surface area contributed by atoms with E-state index in [1.807, 2.05) is 0 Å². The maximum absolute atomic E-state index is 12.3. The topological polar surface area (TPSA) is 46.3 Å². The van der Waals surface area contributed by atoms with E-state index in [1.165, 1.54) is 6.08 Å².